The summed E-state index contributed by atoms with van der Waals surface area (Å²) in [6.07, 6.45) is 6.08. The van der Waals surface area contributed by atoms with Gasteiger partial charge in [-0.25, -0.2) is 23.5 Å². The van der Waals surface area contributed by atoms with Crippen molar-refractivity contribution in [2.45, 2.75) is 61.4 Å². The Balaban J connectivity index is 1.54. The molecular formula is C46H44F2N4O2S. The average molecular weight is 755 g/mol. The maximum atomic E-state index is 15.9. The van der Waals surface area contributed by atoms with Crippen LogP contribution < -0.4 is 5.32 Å². The zero-order chi connectivity index (χ0) is 38.1. The van der Waals surface area contributed by atoms with Gasteiger partial charge in [-0.15, -0.1) is 11.8 Å². The van der Waals surface area contributed by atoms with Crippen molar-refractivity contribution >= 4 is 17.9 Å². The summed E-state index contributed by atoms with van der Waals surface area (Å²) in [4.78, 5) is 25.4. The molecule has 5 aromatic carbocycles. The summed E-state index contributed by atoms with van der Waals surface area (Å²) in [6.45, 7) is 2.43. The lowest BCUT2D eigenvalue weighted by Gasteiger charge is -2.50. The minimum atomic E-state index is -1.46. The highest BCUT2D eigenvalue weighted by atomic mass is 32.2. The number of benzene rings is 5. The SMILES string of the molecule is CCCc1cnc(C(SC(c2ccccc2)(c2ccccc2)c2ccccc2)(C2CCCN2)N(Cc2cc(F)ccc2F)C(=O)OCc2ccccc2)nc1. The molecule has 0 aliphatic carbocycles. The molecular weight excluding hydrogens is 711 g/mol. The molecule has 1 fully saturated rings. The maximum absolute atomic E-state index is 15.9. The van der Waals surface area contributed by atoms with Crippen molar-refractivity contribution < 1.29 is 18.3 Å². The van der Waals surface area contributed by atoms with E-state index in [2.05, 4.69) is 48.6 Å². The second-order valence-electron chi connectivity index (χ2n) is 13.8. The van der Waals surface area contributed by atoms with Crippen LogP contribution in [0.2, 0.25) is 0 Å². The Morgan fingerprint density at radius 2 is 1.36 bits per heavy atom. The lowest BCUT2D eigenvalue weighted by molar-refractivity contribution is 0.0548. The first-order valence-electron chi connectivity index (χ1n) is 18.8. The van der Waals surface area contributed by atoms with Gasteiger partial charge in [-0.2, -0.15) is 0 Å². The zero-order valence-electron chi connectivity index (χ0n) is 30.8. The van der Waals surface area contributed by atoms with Gasteiger partial charge in [-0.05, 0) is 71.8 Å². The summed E-state index contributed by atoms with van der Waals surface area (Å²) >= 11 is 1.52. The van der Waals surface area contributed by atoms with Crippen molar-refractivity contribution in [1.82, 2.24) is 20.2 Å². The molecule has 0 spiro atoms. The fraction of sp³-hybridized carbons (Fsp3) is 0.239. The molecule has 1 aliphatic rings. The van der Waals surface area contributed by atoms with E-state index in [0.29, 0.717) is 18.8 Å². The number of hydrogen-bond donors (Lipinski definition) is 1. The fourth-order valence-electron chi connectivity index (χ4n) is 7.49. The first kappa shape index (κ1) is 37.9. The summed E-state index contributed by atoms with van der Waals surface area (Å²) in [5, 5.41) is 3.72. The number of nitrogens with one attached hydrogen (secondary N) is 1. The lowest BCUT2D eigenvalue weighted by atomic mass is 9.84. The monoisotopic (exact) mass is 754 g/mol. The third kappa shape index (κ3) is 8.04. The second kappa shape index (κ2) is 17.4. The maximum Gasteiger partial charge on any atom is 0.411 e. The van der Waals surface area contributed by atoms with Gasteiger partial charge in [0.2, 0.25) is 0 Å². The van der Waals surface area contributed by atoms with Crippen LogP contribution in [0.4, 0.5) is 13.6 Å². The summed E-state index contributed by atoms with van der Waals surface area (Å²) in [5.41, 5.74) is 4.62. The highest BCUT2D eigenvalue weighted by Crippen LogP contribution is 2.59. The van der Waals surface area contributed by atoms with E-state index < -0.39 is 33.4 Å². The third-order valence-corrected chi connectivity index (χ3v) is 12.1. The van der Waals surface area contributed by atoms with Gasteiger partial charge in [0.25, 0.3) is 0 Å². The minimum Gasteiger partial charge on any atom is -0.444 e. The molecule has 55 heavy (non-hydrogen) atoms. The number of amides is 1. The van der Waals surface area contributed by atoms with Gasteiger partial charge in [0.15, 0.2) is 10.7 Å². The van der Waals surface area contributed by atoms with E-state index in [0.717, 1.165) is 65.3 Å². The van der Waals surface area contributed by atoms with Crippen molar-refractivity contribution in [2.24, 2.45) is 0 Å². The molecule has 6 aromatic rings. The molecule has 2 heterocycles. The van der Waals surface area contributed by atoms with Crippen molar-refractivity contribution in [2.75, 3.05) is 6.54 Å². The van der Waals surface area contributed by atoms with Gasteiger partial charge in [-0.1, -0.05) is 135 Å². The Morgan fingerprint density at radius 3 is 1.89 bits per heavy atom. The topological polar surface area (TPSA) is 67.4 Å². The summed E-state index contributed by atoms with van der Waals surface area (Å²) in [7, 11) is 0. The number of aromatic nitrogens is 2. The quantitative estimate of drug-likeness (QED) is 0.0883. The Bertz CT molecular complexity index is 2040. The Morgan fingerprint density at radius 1 is 0.800 bits per heavy atom. The molecule has 1 aliphatic heterocycles. The largest absolute Gasteiger partial charge is 0.444 e. The zero-order valence-corrected chi connectivity index (χ0v) is 31.6. The van der Waals surface area contributed by atoms with E-state index in [4.69, 9.17) is 14.7 Å². The van der Waals surface area contributed by atoms with Crippen LogP contribution in [0.3, 0.4) is 0 Å². The number of nitrogens with zero attached hydrogens (tertiary/aromatic N) is 3. The van der Waals surface area contributed by atoms with Crippen LogP contribution >= 0.6 is 11.8 Å². The molecule has 1 aromatic heterocycles. The van der Waals surface area contributed by atoms with Gasteiger partial charge < -0.3 is 10.1 Å². The number of carbonyl (C=O) groups excluding carboxylic acids is 1. The highest BCUT2D eigenvalue weighted by Gasteiger charge is 2.58. The standard InChI is InChI=1S/C46H44F2N4O2S/c1-2-16-35-30-50-43(51-31-35)46(42-25-15-28-49-42,52(32-36-29-40(47)26-27-41(36)48)44(53)54-33-34-17-7-3-8-18-34)55-45(37-19-9-4-10-20-37,38-21-11-5-12-22-38)39-23-13-6-14-24-39/h3-14,17-24,26-27,29-31,42,49H,2,15-16,25,28,32-33H2,1H3. The molecule has 7 rings (SSSR count). The molecule has 1 saturated heterocycles. The normalized spacial score (nSPS) is 15.3. The number of carbonyl (C=O) groups is 1. The predicted octanol–water partition coefficient (Wildman–Crippen LogP) is 10.2. The molecule has 280 valence electrons. The molecule has 2 unspecified atom stereocenters. The van der Waals surface area contributed by atoms with Crippen LogP contribution in [0.25, 0.3) is 0 Å². The molecule has 1 N–H and O–H groups in total. The van der Waals surface area contributed by atoms with E-state index in [1.54, 1.807) is 4.90 Å². The molecule has 0 radical (unpaired) electrons. The minimum absolute atomic E-state index is 0.00645. The van der Waals surface area contributed by atoms with Gasteiger partial charge in [0, 0.05) is 24.0 Å². The van der Waals surface area contributed by atoms with E-state index in [-0.39, 0.29) is 18.7 Å². The highest BCUT2D eigenvalue weighted by molar-refractivity contribution is 8.01. The van der Waals surface area contributed by atoms with Crippen LogP contribution in [-0.2, 0) is 33.9 Å². The molecule has 0 saturated carbocycles. The van der Waals surface area contributed by atoms with Gasteiger partial charge in [0.1, 0.15) is 18.2 Å². The van der Waals surface area contributed by atoms with Crippen LogP contribution in [0.1, 0.15) is 65.4 Å². The summed E-state index contributed by atoms with van der Waals surface area (Å²) in [6, 6.07) is 42.9. The molecule has 2 atom stereocenters. The van der Waals surface area contributed by atoms with Gasteiger partial charge >= 0.3 is 6.09 Å². The van der Waals surface area contributed by atoms with Crippen LogP contribution in [0.15, 0.2) is 152 Å². The first-order valence-corrected chi connectivity index (χ1v) is 19.6. The average Bonchev–Trinajstić information content (AvgIpc) is 3.79. The second-order valence-corrected chi connectivity index (χ2v) is 15.2. The number of hydrogen-bond acceptors (Lipinski definition) is 6. The summed E-state index contributed by atoms with van der Waals surface area (Å²) < 4.78 is 36.1. The smallest absolute Gasteiger partial charge is 0.411 e. The van der Waals surface area contributed by atoms with Gasteiger partial charge in [-0.3, -0.25) is 4.90 Å². The molecule has 1 amide bonds. The molecule has 6 nitrogen and oxygen atoms in total. The number of aryl methyl sites for hydroxylation is 1. The van der Waals surface area contributed by atoms with E-state index in [1.165, 1.54) is 11.8 Å². The van der Waals surface area contributed by atoms with Crippen molar-refractivity contribution in [3.8, 4) is 0 Å². The van der Waals surface area contributed by atoms with Crippen molar-refractivity contribution in [1.29, 1.82) is 0 Å². The van der Waals surface area contributed by atoms with Gasteiger partial charge in [0.05, 0.1) is 11.3 Å². The fourth-order valence-corrected chi connectivity index (χ4v) is 9.51. The molecule has 0 bridgehead atoms. The predicted molar refractivity (Wildman–Crippen MR) is 214 cm³/mol. The number of rotatable bonds is 14. The summed E-state index contributed by atoms with van der Waals surface area (Å²) in [5.74, 6) is -0.892. The van der Waals surface area contributed by atoms with E-state index >= 15 is 9.18 Å². The molecule has 9 heteroatoms. The van der Waals surface area contributed by atoms with E-state index in [9.17, 15) is 4.39 Å². The van der Waals surface area contributed by atoms with Crippen LogP contribution in [0, 0.1) is 11.6 Å². The first-order chi connectivity index (χ1) is 26.9. The number of thioether (sulfide) groups is 1. The van der Waals surface area contributed by atoms with E-state index in [1.807, 2.05) is 97.3 Å². The van der Waals surface area contributed by atoms with Crippen molar-refractivity contribution in [3.05, 3.63) is 203 Å². The Hall–Kier alpha value is -5.38. The van der Waals surface area contributed by atoms with Crippen molar-refractivity contribution in [3.63, 3.8) is 0 Å². The lowest BCUT2D eigenvalue weighted by Crippen LogP contribution is -2.59. The van der Waals surface area contributed by atoms with Crippen LogP contribution in [-0.4, -0.2) is 33.5 Å². The Labute approximate surface area is 326 Å². The van der Waals surface area contributed by atoms with Crippen LogP contribution in [0.5, 0.6) is 0 Å². The Kier molecular flexibility index (Phi) is 12.0. The third-order valence-electron chi connectivity index (χ3n) is 10.1. The number of ether oxygens (including phenoxy) is 1. The number of halogens is 2.